The van der Waals surface area contributed by atoms with Crippen molar-refractivity contribution < 1.29 is 27.0 Å². The molecule has 0 atom stereocenters. The fourth-order valence-electron chi connectivity index (χ4n) is 0.902. The van der Waals surface area contributed by atoms with Gasteiger partial charge in [0.05, 0.1) is 7.11 Å². The first-order valence-corrected chi connectivity index (χ1v) is 3.52. The predicted molar refractivity (Wildman–Crippen MR) is 39.5 cm³/mol. The second-order valence-electron chi connectivity index (χ2n) is 2.27. The number of hydrogen-bond donors (Lipinski definition) is 0. The van der Waals surface area contributed by atoms with Crippen LogP contribution in [0.3, 0.4) is 0 Å². The van der Waals surface area contributed by atoms with Gasteiger partial charge in [0.25, 0.3) is 0 Å². The summed E-state index contributed by atoms with van der Waals surface area (Å²) in [4.78, 5) is 0. The molecule has 0 aliphatic rings. The second kappa shape index (κ2) is 4.17. The van der Waals surface area contributed by atoms with Crippen molar-refractivity contribution in [2.24, 2.45) is 0 Å². The minimum atomic E-state index is -1.48. The number of ether oxygens (including phenoxy) is 2. The molecular weight excluding hydrogens is 204 g/mol. The highest BCUT2D eigenvalue weighted by Gasteiger charge is 2.20. The predicted octanol–water partition coefficient (Wildman–Crippen LogP) is 2.42. The summed E-state index contributed by atoms with van der Waals surface area (Å²) in [6.07, 6.45) is 0. The van der Waals surface area contributed by atoms with Gasteiger partial charge in [0.2, 0.25) is 18.5 Å². The molecule has 0 radical (unpaired) electrons. The highest BCUT2D eigenvalue weighted by molar-refractivity contribution is 5.37. The van der Waals surface area contributed by atoms with E-state index in [1.165, 1.54) is 0 Å². The minimum absolute atomic E-state index is 0.409. The molecule has 0 unspecified atom stereocenters. The van der Waals surface area contributed by atoms with E-state index in [0.29, 0.717) is 6.07 Å². The molecule has 1 aromatic carbocycles. The van der Waals surface area contributed by atoms with E-state index in [4.69, 9.17) is 0 Å². The van der Waals surface area contributed by atoms with Gasteiger partial charge in [-0.3, -0.25) is 0 Å². The molecule has 0 spiro atoms. The van der Waals surface area contributed by atoms with Gasteiger partial charge >= 0.3 is 0 Å². The Balaban J connectivity index is 3.27. The Kier molecular flexibility index (Phi) is 3.16. The summed E-state index contributed by atoms with van der Waals surface area (Å²) < 4.78 is 58.6. The van der Waals surface area contributed by atoms with Gasteiger partial charge in [0.15, 0.2) is 17.3 Å². The molecule has 1 aromatic rings. The molecule has 0 heterocycles. The Hall–Kier alpha value is -1.46. The van der Waals surface area contributed by atoms with Crippen LogP contribution in [0.5, 0.6) is 11.5 Å². The van der Waals surface area contributed by atoms with Crippen LogP contribution in [-0.2, 0) is 0 Å². The molecule has 0 aliphatic carbocycles. The smallest absolute Gasteiger partial charge is 0.228 e. The quantitative estimate of drug-likeness (QED) is 0.563. The maximum atomic E-state index is 13.1. The van der Waals surface area contributed by atoms with Crippen LogP contribution < -0.4 is 9.47 Å². The summed E-state index contributed by atoms with van der Waals surface area (Å²) >= 11 is 0. The Morgan fingerprint density at radius 3 is 2.36 bits per heavy atom. The molecule has 0 saturated carbocycles. The average molecular weight is 210 g/mol. The Bertz CT molecular complexity index is 341. The molecule has 14 heavy (non-hydrogen) atoms. The van der Waals surface area contributed by atoms with Gasteiger partial charge < -0.3 is 9.47 Å². The molecule has 78 valence electrons. The van der Waals surface area contributed by atoms with Crippen LogP contribution in [0, 0.1) is 17.5 Å². The zero-order valence-corrected chi connectivity index (χ0v) is 7.11. The summed E-state index contributed by atoms with van der Waals surface area (Å²) in [6, 6.07) is 0.409. The number of benzene rings is 1. The van der Waals surface area contributed by atoms with Crippen LogP contribution in [0.25, 0.3) is 0 Å². The SMILES string of the molecule is COc1c(F)c(F)cc(OCF)c1F. The fraction of sp³-hybridized carbons (Fsp3) is 0.250. The van der Waals surface area contributed by atoms with Crippen LogP contribution in [-0.4, -0.2) is 14.0 Å². The van der Waals surface area contributed by atoms with Gasteiger partial charge in [-0.15, -0.1) is 0 Å². The van der Waals surface area contributed by atoms with Crippen LogP contribution in [0.1, 0.15) is 0 Å². The Morgan fingerprint density at radius 2 is 1.86 bits per heavy atom. The zero-order valence-electron chi connectivity index (χ0n) is 7.11. The Morgan fingerprint density at radius 1 is 1.21 bits per heavy atom. The second-order valence-corrected chi connectivity index (χ2v) is 2.27. The first kappa shape index (κ1) is 10.6. The summed E-state index contributed by atoms with van der Waals surface area (Å²) in [7, 11) is 0.958. The molecule has 0 N–H and O–H groups in total. The van der Waals surface area contributed by atoms with Crippen molar-refractivity contribution in [2.45, 2.75) is 0 Å². The number of alkyl halides is 1. The summed E-state index contributed by atoms with van der Waals surface area (Å²) in [5.74, 6) is -5.79. The van der Waals surface area contributed by atoms with Crippen molar-refractivity contribution in [3.63, 3.8) is 0 Å². The number of hydrogen-bond acceptors (Lipinski definition) is 2. The minimum Gasteiger partial charge on any atom is -0.491 e. The standard InChI is InChI=1S/C8H6F4O2/c1-13-8-6(11)4(10)2-5(7(8)12)14-3-9/h2H,3H2,1H3. The van der Waals surface area contributed by atoms with Crippen molar-refractivity contribution in [1.82, 2.24) is 0 Å². The average Bonchev–Trinajstić information content (AvgIpc) is 2.16. The van der Waals surface area contributed by atoms with Gasteiger partial charge in [-0.1, -0.05) is 0 Å². The molecule has 0 aliphatic heterocycles. The topological polar surface area (TPSA) is 18.5 Å². The molecule has 0 bridgehead atoms. The van der Waals surface area contributed by atoms with E-state index in [0.717, 1.165) is 7.11 Å². The van der Waals surface area contributed by atoms with E-state index in [1.54, 1.807) is 0 Å². The van der Waals surface area contributed by atoms with Gasteiger partial charge in [-0.2, -0.15) is 8.78 Å². The monoisotopic (exact) mass is 210 g/mol. The van der Waals surface area contributed by atoms with Crippen molar-refractivity contribution in [3.8, 4) is 11.5 Å². The third-order valence-electron chi connectivity index (χ3n) is 1.50. The largest absolute Gasteiger partial charge is 0.491 e. The fourth-order valence-corrected chi connectivity index (χ4v) is 0.902. The van der Waals surface area contributed by atoms with E-state index >= 15 is 0 Å². The third-order valence-corrected chi connectivity index (χ3v) is 1.50. The highest BCUT2D eigenvalue weighted by Crippen LogP contribution is 2.31. The van der Waals surface area contributed by atoms with E-state index in [9.17, 15) is 17.6 Å². The maximum Gasteiger partial charge on any atom is 0.228 e. The lowest BCUT2D eigenvalue weighted by Crippen LogP contribution is -2.01. The van der Waals surface area contributed by atoms with Crippen molar-refractivity contribution in [2.75, 3.05) is 14.0 Å². The van der Waals surface area contributed by atoms with Crippen LogP contribution in [0.4, 0.5) is 17.6 Å². The lowest BCUT2D eigenvalue weighted by Gasteiger charge is -2.08. The van der Waals surface area contributed by atoms with Gasteiger partial charge in [-0.05, 0) is 0 Å². The summed E-state index contributed by atoms with van der Waals surface area (Å²) in [5.41, 5.74) is 0. The third kappa shape index (κ3) is 1.73. The maximum absolute atomic E-state index is 13.1. The first-order chi connectivity index (χ1) is 6.61. The molecule has 0 aromatic heterocycles. The van der Waals surface area contributed by atoms with Gasteiger partial charge in [0, 0.05) is 6.07 Å². The molecular formula is C8H6F4O2. The molecule has 2 nitrogen and oxygen atoms in total. The number of rotatable bonds is 3. The lowest BCUT2D eigenvalue weighted by atomic mass is 10.3. The Labute approximate surface area is 77.1 Å². The van der Waals surface area contributed by atoms with Gasteiger partial charge in [0.1, 0.15) is 0 Å². The first-order valence-electron chi connectivity index (χ1n) is 3.52. The van der Waals surface area contributed by atoms with E-state index in [2.05, 4.69) is 9.47 Å². The van der Waals surface area contributed by atoms with Gasteiger partial charge in [-0.25, -0.2) is 8.78 Å². The molecule has 0 fully saturated rings. The van der Waals surface area contributed by atoms with Crippen molar-refractivity contribution in [3.05, 3.63) is 23.5 Å². The lowest BCUT2D eigenvalue weighted by molar-refractivity contribution is 0.180. The van der Waals surface area contributed by atoms with Crippen molar-refractivity contribution >= 4 is 0 Å². The molecule has 6 heteroatoms. The molecule has 0 saturated heterocycles. The summed E-state index contributed by atoms with van der Waals surface area (Å²) in [6.45, 7) is -1.34. The normalized spacial score (nSPS) is 10.1. The summed E-state index contributed by atoms with van der Waals surface area (Å²) in [5, 5.41) is 0. The van der Waals surface area contributed by atoms with Crippen LogP contribution in [0.15, 0.2) is 6.07 Å². The van der Waals surface area contributed by atoms with E-state index in [1.807, 2.05) is 0 Å². The highest BCUT2D eigenvalue weighted by atomic mass is 19.2. The van der Waals surface area contributed by atoms with Crippen LogP contribution >= 0.6 is 0 Å². The number of methoxy groups -OCH3 is 1. The number of halogens is 4. The van der Waals surface area contributed by atoms with Crippen molar-refractivity contribution in [1.29, 1.82) is 0 Å². The van der Waals surface area contributed by atoms with E-state index in [-0.39, 0.29) is 0 Å². The van der Waals surface area contributed by atoms with E-state index < -0.39 is 35.8 Å². The van der Waals surface area contributed by atoms with Crippen LogP contribution in [0.2, 0.25) is 0 Å². The zero-order chi connectivity index (χ0) is 10.7. The molecule has 0 amide bonds. The molecule has 1 rings (SSSR count).